The summed E-state index contributed by atoms with van der Waals surface area (Å²) in [6, 6.07) is 5.78. The second-order valence-corrected chi connectivity index (χ2v) is 5.56. The molecule has 0 spiro atoms. The smallest absolute Gasteiger partial charge is 0.227 e. The molecule has 0 unspecified atom stereocenters. The van der Waals surface area contributed by atoms with Crippen LogP contribution in [0.1, 0.15) is 36.8 Å². The van der Waals surface area contributed by atoms with Crippen molar-refractivity contribution in [2.45, 2.75) is 38.2 Å². The Balaban J connectivity index is 2.05. The minimum absolute atomic E-state index is 0.0140. The molecule has 2 rings (SSSR count). The lowest BCUT2D eigenvalue weighted by atomic mass is 9.77. The van der Waals surface area contributed by atoms with Gasteiger partial charge in [-0.15, -0.1) is 0 Å². The highest BCUT2D eigenvalue weighted by Crippen LogP contribution is 2.38. The number of hydrogen-bond acceptors (Lipinski definition) is 3. The third-order valence-corrected chi connectivity index (χ3v) is 3.88. The molecule has 0 aromatic heterocycles. The molecule has 4 nitrogen and oxygen atoms in total. The number of carbonyl (C=O) groups is 1. The number of ether oxygens (including phenoxy) is 1. The fourth-order valence-corrected chi connectivity index (χ4v) is 2.60. The van der Waals surface area contributed by atoms with Crippen LogP contribution in [-0.2, 0) is 9.53 Å². The lowest BCUT2D eigenvalue weighted by molar-refractivity contribution is -0.129. The van der Waals surface area contributed by atoms with E-state index < -0.39 is 0 Å². The van der Waals surface area contributed by atoms with Crippen molar-refractivity contribution in [2.24, 2.45) is 5.73 Å². The van der Waals surface area contributed by atoms with E-state index in [9.17, 15) is 4.79 Å². The molecule has 0 heterocycles. The summed E-state index contributed by atoms with van der Waals surface area (Å²) in [4.78, 5) is 12.2. The van der Waals surface area contributed by atoms with E-state index in [4.69, 9.17) is 10.5 Å². The molecule has 1 aliphatic carbocycles. The third-order valence-electron chi connectivity index (χ3n) is 3.88. The highest BCUT2D eigenvalue weighted by molar-refractivity contribution is 5.91. The first kappa shape index (κ1) is 15.6. The molecule has 1 saturated carbocycles. The van der Waals surface area contributed by atoms with Crippen LogP contribution in [0.3, 0.4) is 0 Å². The van der Waals surface area contributed by atoms with Gasteiger partial charge in [0.15, 0.2) is 0 Å². The van der Waals surface area contributed by atoms with Gasteiger partial charge in [0.05, 0.1) is 18.6 Å². The lowest BCUT2D eigenvalue weighted by Crippen LogP contribution is -2.42. The van der Waals surface area contributed by atoms with Gasteiger partial charge in [0, 0.05) is 18.4 Å². The van der Waals surface area contributed by atoms with Gasteiger partial charge in [0.1, 0.15) is 0 Å². The van der Waals surface area contributed by atoms with E-state index in [2.05, 4.69) is 17.2 Å². The molecular formula is C17H22N2O2. The maximum atomic E-state index is 12.2. The van der Waals surface area contributed by atoms with Gasteiger partial charge in [-0.05, 0) is 49.9 Å². The van der Waals surface area contributed by atoms with E-state index in [0.717, 1.165) is 36.1 Å². The van der Waals surface area contributed by atoms with Crippen LogP contribution in [-0.4, -0.2) is 25.2 Å². The molecule has 0 saturated heterocycles. The third kappa shape index (κ3) is 4.07. The Kier molecular flexibility index (Phi) is 5.00. The normalized spacial score (nSPS) is 15.6. The SMILES string of the molecule is COC1(CC(=O)Nc2cc(C)cc(C#CCN)c2)CCC1. The van der Waals surface area contributed by atoms with Crippen LogP contribution in [0, 0.1) is 18.8 Å². The number of hydrogen-bond donors (Lipinski definition) is 2. The van der Waals surface area contributed by atoms with Crippen molar-refractivity contribution in [3.05, 3.63) is 29.3 Å². The Morgan fingerprint density at radius 2 is 2.19 bits per heavy atom. The van der Waals surface area contributed by atoms with Crippen LogP contribution >= 0.6 is 0 Å². The fourth-order valence-electron chi connectivity index (χ4n) is 2.60. The van der Waals surface area contributed by atoms with Gasteiger partial charge in [0.25, 0.3) is 0 Å². The van der Waals surface area contributed by atoms with Gasteiger partial charge in [-0.3, -0.25) is 4.79 Å². The average molecular weight is 286 g/mol. The molecule has 1 fully saturated rings. The fraction of sp³-hybridized carbons (Fsp3) is 0.471. The van der Waals surface area contributed by atoms with Crippen LogP contribution in [0.25, 0.3) is 0 Å². The highest BCUT2D eigenvalue weighted by atomic mass is 16.5. The maximum absolute atomic E-state index is 12.2. The molecule has 1 aromatic carbocycles. The number of amides is 1. The zero-order valence-corrected chi connectivity index (χ0v) is 12.7. The molecule has 0 atom stereocenters. The molecule has 0 aliphatic heterocycles. The van der Waals surface area contributed by atoms with Crippen molar-refractivity contribution in [2.75, 3.05) is 19.0 Å². The van der Waals surface area contributed by atoms with Crippen LogP contribution in [0.15, 0.2) is 18.2 Å². The molecule has 1 aromatic rings. The summed E-state index contributed by atoms with van der Waals surface area (Å²) < 4.78 is 5.49. The summed E-state index contributed by atoms with van der Waals surface area (Å²) in [7, 11) is 1.68. The Morgan fingerprint density at radius 1 is 1.43 bits per heavy atom. The Bertz CT molecular complexity index is 575. The van der Waals surface area contributed by atoms with Crippen LogP contribution in [0.2, 0.25) is 0 Å². The van der Waals surface area contributed by atoms with Crippen LogP contribution in [0.5, 0.6) is 0 Å². The zero-order chi connectivity index (χ0) is 15.3. The summed E-state index contributed by atoms with van der Waals surface area (Å²) in [6.45, 7) is 2.30. The maximum Gasteiger partial charge on any atom is 0.227 e. The summed E-state index contributed by atoms with van der Waals surface area (Å²) in [5.74, 6) is 5.80. The van der Waals surface area contributed by atoms with Crippen molar-refractivity contribution >= 4 is 11.6 Å². The first-order valence-corrected chi connectivity index (χ1v) is 7.22. The minimum atomic E-state index is -0.254. The number of aryl methyl sites for hydroxylation is 1. The molecular weight excluding hydrogens is 264 g/mol. The van der Waals surface area contributed by atoms with E-state index in [0.29, 0.717) is 13.0 Å². The number of methoxy groups -OCH3 is 1. The number of nitrogens with two attached hydrogens (primary N) is 1. The Morgan fingerprint density at radius 3 is 2.76 bits per heavy atom. The molecule has 21 heavy (non-hydrogen) atoms. The van der Waals surface area contributed by atoms with Crippen molar-refractivity contribution < 1.29 is 9.53 Å². The molecule has 0 bridgehead atoms. The van der Waals surface area contributed by atoms with Crippen LogP contribution in [0.4, 0.5) is 5.69 Å². The number of benzene rings is 1. The average Bonchev–Trinajstić information content (AvgIpc) is 2.40. The van der Waals surface area contributed by atoms with Gasteiger partial charge in [-0.2, -0.15) is 0 Å². The first-order valence-electron chi connectivity index (χ1n) is 7.22. The van der Waals surface area contributed by atoms with Crippen molar-refractivity contribution in [1.29, 1.82) is 0 Å². The molecule has 0 radical (unpaired) electrons. The minimum Gasteiger partial charge on any atom is -0.378 e. The van der Waals surface area contributed by atoms with E-state index >= 15 is 0 Å². The quantitative estimate of drug-likeness (QED) is 0.834. The molecule has 3 N–H and O–H groups in total. The zero-order valence-electron chi connectivity index (χ0n) is 12.7. The Labute approximate surface area is 126 Å². The summed E-state index contributed by atoms with van der Waals surface area (Å²) in [6.07, 6.45) is 3.45. The molecule has 112 valence electrons. The van der Waals surface area contributed by atoms with Crippen molar-refractivity contribution in [3.63, 3.8) is 0 Å². The highest BCUT2D eigenvalue weighted by Gasteiger charge is 2.38. The van der Waals surface area contributed by atoms with Crippen LogP contribution < -0.4 is 11.1 Å². The number of carbonyl (C=O) groups excluding carboxylic acids is 1. The van der Waals surface area contributed by atoms with Gasteiger partial charge in [-0.1, -0.05) is 11.8 Å². The summed E-state index contributed by atoms with van der Waals surface area (Å²) in [5.41, 5.74) is 7.82. The second kappa shape index (κ2) is 6.75. The number of anilines is 1. The lowest BCUT2D eigenvalue weighted by Gasteiger charge is -2.39. The Hall–Kier alpha value is -1.83. The monoisotopic (exact) mass is 286 g/mol. The predicted molar refractivity (Wildman–Crippen MR) is 83.9 cm³/mol. The molecule has 1 amide bonds. The van der Waals surface area contributed by atoms with Gasteiger partial charge in [0.2, 0.25) is 5.91 Å². The molecule has 4 heteroatoms. The van der Waals surface area contributed by atoms with Gasteiger partial charge < -0.3 is 15.8 Å². The van der Waals surface area contributed by atoms with E-state index in [-0.39, 0.29) is 11.5 Å². The number of nitrogens with one attached hydrogen (secondary N) is 1. The van der Waals surface area contributed by atoms with Crippen molar-refractivity contribution in [1.82, 2.24) is 0 Å². The van der Waals surface area contributed by atoms with Crippen molar-refractivity contribution in [3.8, 4) is 11.8 Å². The first-order chi connectivity index (χ1) is 10.1. The van der Waals surface area contributed by atoms with Gasteiger partial charge >= 0.3 is 0 Å². The van der Waals surface area contributed by atoms with E-state index in [1.807, 2.05) is 25.1 Å². The van der Waals surface area contributed by atoms with Gasteiger partial charge in [-0.25, -0.2) is 0 Å². The predicted octanol–water partition coefficient (Wildman–Crippen LogP) is 2.20. The van der Waals surface area contributed by atoms with E-state index in [1.54, 1.807) is 7.11 Å². The number of rotatable bonds is 4. The summed E-state index contributed by atoms with van der Waals surface area (Å²) in [5, 5.41) is 2.94. The topological polar surface area (TPSA) is 64.3 Å². The second-order valence-electron chi connectivity index (χ2n) is 5.56. The largest absolute Gasteiger partial charge is 0.378 e. The molecule has 1 aliphatic rings. The standard InChI is InChI=1S/C17H22N2O2/c1-13-9-14(5-3-8-18)11-15(10-13)19-16(20)12-17(21-2)6-4-7-17/h9-11H,4,6-8,12,18H2,1-2H3,(H,19,20). The summed E-state index contributed by atoms with van der Waals surface area (Å²) >= 11 is 0. The van der Waals surface area contributed by atoms with E-state index in [1.165, 1.54) is 0 Å².